The molecule has 4 saturated heterocycles. The number of amides is 1. The van der Waals surface area contributed by atoms with Crippen molar-refractivity contribution in [3.05, 3.63) is 47.7 Å². The van der Waals surface area contributed by atoms with Gasteiger partial charge in [0, 0.05) is 56.5 Å². The molecule has 3 unspecified atom stereocenters. The van der Waals surface area contributed by atoms with E-state index in [2.05, 4.69) is 20.8 Å². The summed E-state index contributed by atoms with van der Waals surface area (Å²) in [7, 11) is 0. The minimum Gasteiger partial charge on any atom is -0.461 e. The highest BCUT2D eigenvalue weighted by molar-refractivity contribution is 6.03. The lowest BCUT2D eigenvalue weighted by atomic mass is 9.95. The maximum atomic E-state index is 17.5. The molecule has 4 aromatic rings. The fourth-order valence-electron chi connectivity index (χ4n) is 9.27. The summed E-state index contributed by atoms with van der Waals surface area (Å²) >= 11 is 0. The van der Waals surface area contributed by atoms with Crippen molar-refractivity contribution in [1.82, 2.24) is 24.8 Å². The molecule has 2 aromatic carbocycles. The minimum atomic E-state index is -1.07. The van der Waals surface area contributed by atoms with Gasteiger partial charge < -0.3 is 23.8 Å². The highest BCUT2D eigenvalue weighted by atomic mass is 19.1. The van der Waals surface area contributed by atoms with Crippen LogP contribution in [0, 0.1) is 29.4 Å². The topological polar surface area (TPSA) is 137 Å². The van der Waals surface area contributed by atoms with Crippen LogP contribution in [0.2, 0.25) is 0 Å². The second kappa shape index (κ2) is 16.3. The van der Waals surface area contributed by atoms with Crippen LogP contribution >= 0.6 is 0 Å². The van der Waals surface area contributed by atoms with Crippen LogP contribution in [-0.4, -0.2) is 106 Å². The Balaban J connectivity index is 1.20. The van der Waals surface area contributed by atoms with Gasteiger partial charge in [-0.05, 0) is 83.0 Å². The fourth-order valence-corrected chi connectivity index (χ4v) is 9.27. The number of esters is 2. The zero-order chi connectivity index (χ0) is 43.4. The maximum absolute atomic E-state index is 17.5. The lowest BCUT2D eigenvalue weighted by Crippen LogP contribution is -2.56. The van der Waals surface area contributed by atoms with Crippen molar-refractivity contribution in [2.45, 2.75) is 110 Å². The first-order valence-corrected chi connectivity index (χ1v) is 20.9. The zero-order valence-electron chi connectivity index (χ0n) is 34.9. The average molecular weight is 843 g/mol. The van der Waals surface area contributed by atoms with Gasteiger partial charge in [0.25, 0.3) is 0 Å². The molecular weight excluding hydrogens is 794 g/mol. The number of halogens is 3. The Bertz CT molecular complexity index is 2440. The number of benzene rings is 2. The number of ether oxygens (including phenoxy) is 4. The number of nitrogens with zero attached hydrogens (tertiary/aromatic N) is 6. The smallest absolute Gasteiger partial charge is 0.413 e. The Kier molecular flexibility index (Phi) is 11.2. The SMILES string of the molecule is C#Cc1c(F)ccc2cc(OC(=O)C(C)(C)C)cc(-c3ncc4c(N5CC6CCC(C5)N6C(=O)OC(C)OC(=O)CCC)nc(OC[C@@]56CCCN5C[C@H](F)C6)nc4c3F)c12. The highest BCUT2D eigenvalue weighted by Gasteiger charge is 2.50. The molecule has 4 fully saturated rings. The summed E-state index contributed by atoms with van der Waals surface area (Å²) in [4.78, 5) is 58.2. The lowest BCUT2D eigenvalue weighted by Gasteiger charge is -2.41. The molecule has 2 bridgehead atoms. The molecule has 2 aromatic heterocycles. The van der Waals surface area contributed by atoms with Crippen LogP contribution in [-0.2, 0) is 19.1 Å². The Morgan fingerprint density at radius 1 is 1.07 bits per heavy atom. The van der Waals surface area contributed by atoms with Gasteiger partial charge in [-0.2, -0.15) is 9.97 Å². The molecule has 0 saturated carbocycles. The Morgan fingerprint density at radius 3 is 2.52 bits per heavy atom. The first-order valence-electron chi connectivity index (χ1n) is 20.9. The van der Waals surface area contributed by atoms with E-state index in [0.29, 0.717) is 56.5 Å². The summed E-state index contributed by atoms with van der Waals surface area (Å²) in [6.07, 6.45) is 8.59. The fraction of sp³-hybridized carbons (Fsp3) is 0.511. The van der Waals surface area contributed by atoms with Crippen molar-refractivity contribution in [3.63, 3.8) is 0 Å². The van der Waals surface area contributed by atoms with Gasteiger partial charge in [0.05, 0.1) is 34.0 Å². The number of anilines is 1. The van der Waals surface area contributed by atoms with E-state index in [1.165, 1.54) is 37.4 Å². The molecular formula is C45H49F3N6O7. The number of hydrogen-bond acceptors (Lipinski definition) is 12. The molecule has 16 heteroatoms. The number of pyridine rings is 1. The molecule has 13 nitrogen and oxygen atoms in total. The standard InChI is InChI=1S/C45H49F3N6O7/c1-7-10-35(55)59-25(3)60-43(57)54-28-12-13-29(54)23-52(22-28)40-33-20-49-38(37(48)39(33)50-42(51-40)58-24-45-15-9-16-53(45)21-27(46)19-45)32-18-30(61-41(56)44(4,5)6)17-26-11-14-34(47)31(8-2)36(26)32/h2,11,14,17-18,20,25,27-29H,7,9-10,12-13,15-16,19,21-24H2,1,3-6H3/t25?,27-,28?,29?,45+/m1/s1. The van der Waals surface area contributed by atoms with Gasteiger partial charge in [-0.15, -0.1) is 6.42 Å². The zero-order valence-corrected chi connectivity index (χ0v) is 34.9. The van der Waals surface area contributed by atoms with Gasteiger partial charge in [0.2, 0.25) is 6.29 Å². The van der Waals surface area contributed by atoms with E-state index in [1.807, 2.05) is 11.8 Å². The van der Waals surface area contributed by atoms with E-state index in [-0.39, 0.29) is 70.0 Å². The van der Waals surface area contributed by atoms with Crippen LogP contribution in [0.5, 0.6) is 11.8 Å². The minimum absolute atomic E-state index is 0.0730. The van der Waals surface area contributed by atoms with Crippen molar-refractivity contribution in [1.29, 1.82) is 0 Å². The van der Waals surface area contributed by atoms with E-state index in [9.17, 15) is 18.8 Å². The van der Waals surface area contributed by atoms with Gasteiger partial charge >= 0.3 is 24.0 Å². The van der Waals surface area contributed by atoms with Crippen molar-refractivity contribution in [2.75, 3.05) is 37.7 Å². The predicted molar refractivity (Wildman–Crippen MR) is 220 cm³/mol. The number of alkyl halides is 1. The third-order valence-corrected chi connectivity index (χ3v) is 12.1. The van der Waals surface area contributed by atoms with E-state index < -0.39 is 53.1 Å². The quantitative estimate of drug-likeness (QED) is 0.0678. The van der Waals surface area contributed by atoms with Crippen LogP contribution in [0.15, 0.2) is 30.5 Å². The molecule has 0 spiro atoms. The van der Waals surface area contributed by atoms with E-state index in [0.717, 1.165) is 19.4 Å². The summed E-state index contributed by atoms with van der Waals surface area (Å²) in [6.45, 7) is 10.2. The second-order valence-corrected chi connectivity index (χ2v) is 17.5. The molecule has 4 aliphatic heterocycles. The third kappa shape index (κ3) is 8.00. The average Bonchev–Trinajstić information content (AvgIpc) is 3.83. The number of rotatable bonds is 10. The van der Waals surface area contributed by atoms with Crippen LogP contribution in [0.4, 0.5) is 23.8 Å². The summed E-state index contributed by atoms with van der Waals surface area (Å²) in [5, 5.41) is 0.820. The van der Waals surface area contributed by atoms with Crippen LogP contribution in [0.1, 0.15) is 85.1 Å². The Morgan fingerprint density at radius 2 is 1.82 bits per heavy atom. The van der Waals surface area contributed by atoms with Gasteiger partial charge in [0.15, 0.2) is 5.82 Å². The second-order valence-electron chi connectivity index (χ2n) is 17.5. The van der Waals surface area contributed by atoms with Gasteiger partial charge in [-0.25, -0.2) is 18.0 Å². The lowest BCUT2D eigenvalue weighted by molar-refractivity contribution is -0.166. The first kappa shape index (κ1) is 42.0. The molecule has 5 atom stereocenters. The van der Waals surface area contributed by atoms with Crippen LogP contribution in [0.3, 0.4) is 0 Å². The number of hydrogen-bond donors (Lipinski definition) is 0. The Hall–Kier alpha value is -5.69. The first-order chi connectivity index (χ1) is 29.1. The normalized spacial score (nSPS) is 22.9. The van der Waals surface area contributed by atoms with E-state index in [4.69, 9.17) is 30.4 Å². The van der Waals surface area contributed by atoms with E-state index >= 15 is 8.78 Å². The number of piperazine rings is 1. The molecule has 0 radical (unpaired) electrons. The van der Waals surface area contributed by atoms with Gasteiger partial charge in [0.1, 0.15) is 41.4 Å². The number of aromatic nitrogens is 3. The summed E-state index contributed by atoms with van der Waals surface area (Å²) in [6, 6.07) is 4.84. The van der Waals surface area contributed by atoms with Gasteiger partial charge in [-0.3, -0.25) is 24.4 Å². The van der Waals surface area contributed by atoms with Crippen molar-refractivity contribution in [2.24, 2.45) is 5.41 Å². The summed E-state index contributed by atoms with van der Waals surface area (Å²) < 4.78 is 70.4. The number of fused-ring (bicyclic) bond motifs is 5. The predicted octanol–water partition coefficient (Wildman–Crippen LogP) is 7.49. The molecule has 6 heterocycles. The largest absolute Gasteiger partial charge is 0.461 e. The summed E-state index contributed by atoms with van der Waals surface area (Å²) in [5.41, 5.74) is -1.86. The van der Waals surface area contributed by atoms with Crippen molar-refractivity contribution in [3.8, 4) is 35.4 Å². The molecule has 4 aliphatic rings. The molecule has 0 N–H and O–H groups in total. The number of carbonyl (C=O) groups excluding carboxylic acids is 3. The van der Waals surface area contributed by atoms with Crippen molar-refractivity contribution < 1.29 is 46.5 Å². The highest BCUT2D eigenvalue weighted by Crippen LogP contribution is 2.43. The Labute approximate surface area is 351 Å². The molecule has 1 amide bonds. The third-order valence-electron chi connectivity index (χ3n) is 12.1. The number of terminal acetylenes is 1. The summed E-state index contributed by atoms with van der Waals surface area (Å²) in [5.74, 6) is 0.185. The van der Waals surface area contributed by atoms with Crippen molar-refractivity contribution >= 4 is 45.5 Å². The van der Waals surface area contributed by atoms with Crippen LogP contribution < -0.4 is 14.4 Å². The molecule has 0 aliphatic carbocycles. The monoisotopic (exact) mass is 842 g/mol. The van der Waals surface area contributed by atoms with Crippen LogP contribution in [0.25, 0.3) is 32.9 Å². The number of carbonyl (C=O) groups is 3. The maximum Gasteiger partial charge on any atom is 0.413 e. The molecule has 8 rings (SSSR count). The molecule has 322 valence electrons. The van der Waals surface area contributed by atoms with E-state index in [1.54, 1.807) is 25.7 Å². The molecule has 61 heavy (non-hydrogen) atoms. The van der Waals surface area contributed by atoms with Gasteiger partial charge in [-0.1, -0.05) is 18.9 Å².